The molecule has 0 aliphatic heterocycles. The van der Waals surface area contributed by atoms with Gasteiger partial charge in [-0.15, -0.1) is 0 Å². The van der Waals surface area contributed by atoms with E-state index in [2.05, 4.69) is 10.1 Å². The molecule has 3 rings (SSSR count). The van der Waals surface area contributed by atoms with E-state index in [1.807, 2.05) is 42.6 Å². The molecule has 0 aliphatic rings. The van der Waals surface area contributed by atoms with E-state index >= 15 is 0 Å². The van der Waals surface area contributed by atoms with Crippen LogP contribution in [-0.2, 0) is 0 Å². The minimum Gasteiger partial charge on any atom is -0.237 e. The summed E-state index contributed by atoms with van der Waals surface area (Å²) >= 11 is 5.84. The largest absolute Gasteiger partial charge is 0.237 e. The minimum atomic E-state index is 0.727. The fraction of sp³-hybridized carbons (Fsp3) is 0. The summed E-state index contributed by atoms with van der Waals surface area (Å²) in [6, 6.07) is 11.4. The first kappa shape index (κ1) is 9.36. The molecule has 0 bridgehead atoms. The van der Waals surface area contributed by atoms with Gasteiger partial charge in [0.05, 0.1) is 5.69 Å². The Morgan fingerprint density at radius 1 is 1.12 bits per heavy atom. The monoisotopic (exact) mass is 229 g/mol. The molecule has 78 valence electrons. The molecule has 0 radical (unpaired) electrons. The van der Waals surface area contributed by atoms with Gasteiger partial charge < -0.3 is 0 Å². The van der Waals surface area contributed by atoms with Gasteiger partial charge in [0.2, 0.25) is 0 Å². The topological polar surface area (TPSA) is 30.2 Å². The van der Waals surface area contributed by atoms with Crippen LogP contribution in [-0.4, -0.2) is 14.6 Å². The van der Waals surface area contributed by atoms with Crippen LogP contribution in [0.1, 0.15) is 0 Å². The highest BCUT2D eigenvalue weighted by molar-refractivity contribution is 6.30. The highest BCUT2D eigenvalue weighted by atomic mass is 35.5. The fourth-order valence-corrected chi connectivity index (χ4v) is 1.72. The molecule has 0 saturated carbocycles. The molecular weight excluding hydrogens is 222 g/mol. The zero-order chi connectivity index (χ0) is 11.0. The van der Waals surface area contributed by atoms with Gasteiger partial charge in [0.1, 0.15) is 0 Å². The van der Waals surface area contributed by atoms with Crippen LogP contribution in [0.2, 0.25) is 5.02 Å². The number of benzene rings is 1. The number of halogens is 1. The first-order valence-electron chi connectivity index (χ1n) is 4.89. The molecule has 0 atom stereocenters. The van der Waals surface area contributed by atoms with Gasteiger partial charge in [-0.3, -0.25) is 0 Å². The van der Waals surface area contributed by atoms with Crippen molar-refractivity contribution in [3.63, 3.8) is 0 Å². The lowest BCUT2D eigenvalue weighted by atomic mass is 10.2. The van der Waals surface area contributed by atoms with E-state index < -0.39 is 0 Å². The normalized spacial score (nSPS) is 10.8. The van der Waals surface area contributed by atoms with Crippen LogP contribution in [0.3, 0.4) is 0 Å². The molecule has 1 aromatic carbocycles. The smallest absolute Gasteiger partial charge is 0.155 e. The molecule has 0 spiro atoms. The molecule has 2 aromatic heterocycles. The third-order valence-electron chi connectivity index (χ3n) is 2.38. The summed E-state index contributed by atoms with van der Waals surface area (Å²) in [6.45, 7) is 0. The van der Waals surface area contributed by atoms with Crippen molar-refractivity contribution in [2.24, 2.45) is 0 Å². The Morgan fingerprint density at radius 2 is 1.94 bits per heavy atom. The summed E-state index contributed by atoms with van der Waals surface area (Å²) in [6.07, 6.45) is 3.63. The van der Waals surface area contributed by atoms with Crippen molar-refractivity contribution < 1.29 is 0 Å². The lowest BCUT2D eigenvalue weighted by molar-refractivity contribution is 0.943. The van der Waals surface area contributed by atoms with Crippen molar-refractivity contribution in [3.8, 4) is 11.3 Å². The van der Waals surface area contributed by atoms with Crippen LogP contribution in [0.15, 0.2) is 48.8 Å². The second kappa shape index (κ2) is 3.61. The lowest BCUT2D eigenvalue weighted by Crippen LogP contribution is -1.87. The number of hydrogen-bond acceptors (Lipinski definition) is 2. The maximum Gasteiger partial charge on any atom is 0.155 e. The van der Waals surface area contributed by atoms with E-state index in [4.69, 9.17) is 11.6 Å². The molecule has 0 amide bonds. The van der Waals surface area contributed by atoms with Crippen molar-refractivity contribution in [1.29, 1.82) is 0 Å². The Balaban J connectivity index is 2.15. The summed E-state index contributed by atoms with van der Waals surface area (Å²) in [7, 11) is 0. The average molecular weight is 230 g/mol. The molecule has 2 heterocycles. The molecule has 0 N–H and O–H groups in total. The third-order valence-corrected chi connectivity index (χ3v) is 2.63. The van der Waals surface area contributed by atoms with E-state index in [9.17, 15) is 0 Å². The van der Waals surface area contributed by atoms with Gasteiger partial charge in [-0.05, 0) is 18.2 Å². The highest BCUT2D eigenvalue weighted by Gasteiger charge is 2.03. The summed E-state index contributed by atoms with van der Waals surface area (Å²) in [5, 5.41) is 5.15. The van der Waals surface area contributed by atoms with Crippen LogP contribution < -0.4 is 0 Å². The maximum absolute atomic E-state index is 5.84. The van der Waals surface area contributed by atoms with E-state index in [-0.39, 0.29) is 0 Å². The molecule has 4 heteroatoms. The first-order valence-corrected chi connectivity index (χ1v) is 5.27. The molecule has 16 heavy (non-hydrogen) atoms. The van der Waals surface area contributed by atoms with Crippen LogP contribution in [0.25, 0.3) is 16.9 Å². The quantitative estimate of drug-likeness (QED) is 0.642. The molecule has 0 unspecified atom stereocenters. The van der Waals surface area contributed by atoms with Crippen LogP contribution in [0.5, 0.6) is 0 Å². The SMILES string of the molecule is Clc1ccc(-c2cc3ncccn3n2)cc1. The van der Waals surface area contributed by atoms with Crippen molar-refractivity contribution in [3.05, 3.63) is 53.8 Å². The van der Waals surface area contributed by atoms with Crippen molar-refractivity contribution in [2.45, 2.75) is 0 Å². The van der Waals surface area contributed by atoms with Gasteiger partial charge in [0, 0.05) is 29.0 Å². The highest BCUT2D eigenvalue weighted by Crippen LogP contribution is 2.20. The Kier molecular flexibility index (Phi) is 2.11. The van der Waals surface area contributed by atoms with Crippen LogP contribution in [0, 0.1) is 0 Å². The van der Waals surface area contributed by atoms with Crippen molar-refractivity contribution >= 4 is 17.2 Å². The number of hydrogen-bond donors (Lipinski definition) is 0. The number of rotatable bonds is 1. The van der Waals surface area contributed by atoms with Crippen LogP contribution >= 0.6 is 11.6 Å². The molecule has 0 saturated heterocycles. The second-order valence-electron chi connectivity index (χ2n) is 3.46. The lowest BCUT2D eigenvalue weighted by Gasteiger charge is -1.95. The minimum absolute atomic E-state index is 0.727. The summed E-state index contributed by atoms with van der Waals surface area (Å²) in [4.78, 5) is 4.22. The molecular formula is C12H8ClN3. The van der Waals surface area contributed by atoms with E-state index in [0.717, 1.165) is 21.9 Å². The van der Waals surface area contributed by atoms with Gasteiger partial charge in [-0.1, -0.05) is 23.7 Å². The van der Waals surface area contributed by atoms with E-state index in [1.54, 1.807) is 10.7 Å². The maximum atomic E-state index is 5.84. The number of fused-ring (bicyclic) bond motifs is 1. The number of nitrogens with zero attached hydrogens (tertiary/aromatic N) is 3. The van der Waals surface area contributed by atoms with Gasteiger partial charge >= 0.3 is 0 Å². The third kappa shape index (κ3) is 1.55. The molecule has 3 nitrogen and oxygen atoms in total. The predicted molar refractivity (Wildman–Crippen MR) is 63.4 cm³/mol. The first-order chi connectivity index (χ1) is 7.83. The second-order valence-corrected chi connectivity index (χ2v) is 3.90. The Morgan fingerprint density at radius 3 is 2.69 bits per heavy atom. The fourth-order valence-electron chi connectivity index (χ4n) is 1.59. The van der Waals surface area contributed by atoms with E-state index in [0.29, 0.717) is 0 Å². The number of aromatic nitrogens is 3. The van der Waals surface area contributed by atoms with Crippen molar-refractivity contribution in [2.75, 3.05) is 0 Å². The molecule has 0 fully saturated rings. The van der Waals surface area contributed by atoms with Gasteiger partial charge in [0.15, 0.2) is 5.65 Å². The molecule has 0 aliphatic carbocycles. The van der Waals surface area contributed by atoms with Crippen molar-refractivity contribution in [1.82, 2.24) is 14.6 Å². The van der Waals surface area contributed by atoms with Gasteiger partial charge in [-0.25, -0.2) is 9.50 Å². The Bertz CT molecular complexity index is 595. The van der Waals surface area contributed by atoms with E-state index in [1.165, 1.54) is 0 Å². The summed E-state index contributed by atoms with van der Waals surface area (Å²) in [5.74, 6) is 0. The van der Waals surface area contributed by atoms with Gasteiger partial charge in [0.25, 0.3) is 0 Å². The van der Waals surface area contributed by atoms with Crippen LogP contribution in [0.4, 0.5) is 0 Å². The summed E-state index contributed by atoms with van der Waals surface area (Å²) < 4.78 is 1.75. The Labute approximate surface area is 97.3 Å². The standard InChI is InChI=1S/C12H8ClN3/c13-10-4-2-9(3-5-10)11-8-12-14-6-1-7-16(12)15-11/h1-8H. The zero-order valence-corrected chi connectivity index (χ0v) is 9.09. The van der Waals surface area contributed by atoms with Gasteiger partial charge in [-0.2, -0.15) is 5.10 Å². The Hall–Kier alpha value is -1.87. The molecule has 3 aromatic rings. The summed E-state index contributed by atoms with van der Waals surface area (Å²) in [5.41, 5.74) is 2.78. The average Bonchev–Trinajstić information content (AvgIpc) is 2.73. The zero-order valence-electron chi connectivity index (χ0n) is 8.34. The predicted octanol–water partition coefficient (Wildman–Crippen LogP) is 3.05.